The van der Waals surface area contributed by atoms with E-state index in [-0.39, 0.29) is 43.8 Å². The van der Waals surface area contributed by atoms with Gasteiger partial charge in [0.05, 0.1) is 34.7 Å². The van der Waals surface area contributed by atoms with Crippen molar-refractivity contribution in [3.63, 3.8) is 0 Å². The van der Waals surface area contributed by atoms with Crippen molar-refractivity contribution in [1.82, 2.24) is 9.80 Å². The first-order valence-electron chi connectivity index (χ1n) is 17.5. The minimum Gasteiger partial charge on any atom is -0.455 e. The van der Waals surface area contributed by atoms with Gasteiger partial charge in [-0.15, -0.1) is 13.2 Å². The number of benzene rings is 2. The van der Waals surface area contributed by atoms with Crippen molar-refractivity contribution < 1.29 is 33.8 Å². The molecule has 1 N–H and O–H groups in total. The molecule has 10 nitrogen and oxygen atoms in total. The number of halogens is 1. The fourth-order valence-electron chi connectivity index (χ4n) is 7.89. The quantitative estimate of drug-likeness (QED) is 0.131. The number of carbonyl (C=O) groups is 4. The maximum Gasteiger partial charge on any atom is 0.313 e. The molecule has 11 heteroatoms. The second-order valence-corrected chi connectivity index (χ2v) is 13.8. The molecule has 0 radical (unpaired) electrons. The van der Waals surface area contributed by atoms with E-state index in [9.17, 15) is 24.3 Å². The zero-order valence-corrected chi connectivity index (χ0v) is 29.7. The molecule has 2 aromatic carbocycles. The van der Waals surface area contributed by atoms with E-state index in [0.29, 0.717) is 54.8 Å². The number of aliphatic hydroxyl groups is 1. The summed E-state index contributed by atoms with van der Waals surface area (Å²) < 4.78 is 13.0. The molecule has 3 heterocycles. The van der Waals surface area contributed by atoms with E-state index in [4.69, 9.17) is 21.1 Å². The fourth-order valence-corrected chi connectivity index (χ4v) is 8.13. The minimum atomic E-state index is -1.24. The van der Waals surface area contributed by atoms with Crippen molar-refractivity contribution in [2.75, 3.05) is 31.6 Å². The number of likely N-dealkylation sites (N-methyl/N-ethyl adjacent to an activating group) is 1. The topological polar surface area (TPSA) is 117 Å². The molecule has 0 saturated carbocycles. The summed E-state index contributed by atoms with van der Waals surface area (Å²) in [5.41, 5.74) is -0.0425. The van der Waals surface area contributed by atoms with Gasteiger partial charge in [-0.2, -0.15) is 0 Å². The molecule has 0 unspecified atom stereocenters. The molecule has 3 aliphatic rings. The molecule has 0 aromatic heterocycles. The van der Waals surface area contributed by atoms with Crippen molar-refractivity contribution in [3.05, 3.63) is 90.5 Å². The molecule has 2 bridgehead atoms. The molecule has 50 heavy (non-hydrogen) atoms. The molecular weight excluding hydrogens is 658 g/mol. The van der Waals surface area contributed by atoms with Crippen LogP contribution in [0.3, 0.4) is 0 Å². The summed E-state index contributed by atoms with van der Waals surface area (Å²) >= 11 is 6.58. The van der Waals surface area contributed by atoms with Crippen molar-refractivity contribution in [2.24, 2.45) is 11.8 Å². The Morgan fingerprint density at radius 2 is 1.82 bits per heavy atom. The summed E-state index contributed by atoms with van der Waals surface area (Å²) in [5.74, 6) is -3.26. The predicted octanol–water partition coefficient (Wildman–Crippen LogP) is 5.49. The van der Waals surface area contributed by atoms with Crippen LogP contribution in [0.15, 0.2) is 79.9 Å². The lowest BCUT2D eigenvalue weighted by Crippen LogP contribution is -2.56. The van der Waals surface area contributed by atoms with Gasteiger partial charge in [-0.3, -0.25) is 19.2 Å². The van der Waals surface area contributed by atoms with Gasteiger partial charge in [0.25, 0.3) is 5.91 Å². The van der Waals surface area contributed by atoms with Crippen molar-refractivity contribution in [2.45, 2.75) is 81.8 Å². The van der Waals surface area contributed by atoms with Gasteiger partial charge in [-0.1, -0.05) is 66.2 Å². The van der Waals surface area contributed by atoms with E-state index in [1.54, 1.807) is 53.3 Å². The Morgan fingerprint density at radius 1 is 1.10 bits per heavy atom. The highest BCUT2D eigenvalue weighted by Gasteiger charge is 2.75. The molecular formula is C39H48ClN3O7. The molecule has 3 fully saturated rings. The largest absolute Gasteiger partial charge is 0.455 e. The van der Waals surface area contributed by atoms with E-state index >= 15 is 0 Å². The number of amides is 3. The number of nitrogens with zero attached hydrogens (tertiary/aromatic N) is 3. The number of anilines is 1. The van der Waals surface area contributed by atoms with Gasteiger partial charge in [-0.25, -0.2) is 0 Å². The van der Waals surface area contributed by atoms with Gasteiger partial charge in [0, 0.05) is 33.2 Å². The van der Waals surface area contributed by atoms with Gasteiger partial charge >= 0.3 is 5.97 Å². The second kappa shape index (κ2) is 16.4. The predicted molar refractivity (Wildman–Crippen MR) is 191 cm³/mol. The summed E-state index contributed by atoms with van der Waals surface area (Å²) in [6.07, 6.45) is 5.34. The Morgan fingerprint density at radius 3 is 2.50 bits per heavy atom. The number of esters is 1. The molecule has 1 spiro atoms. The number of carbonyl (C=O) groups excluding carboxylic acids is 4. The molecule has 2 aromatic rings. The van der Waals surface area contributed by atoms with Gasteiger partial charge in [0.2, 0.25) is 11.8 Å². The van der Waals surface area contributed by atoms with Crippen molar-refractivity contribution >= 4 is 41.0 Å². The number of rotatable bonds is 17. The zero-order valence-electron chi connectivity index (χ0n) is 28.9. The molecule has 3 aliphatic heterocycles. The van der Waals surface area contributed by atoms with Crippen LogP contribution in [0.1, 0.15) is 63.5 Å². The van der Waals surface area contributed by atoms with Gasteiger partial charge in [0.1, 0.15) is 17.7 Å². The van der Waals surface area contributed by atoms with E-state index < -0.39 is 47.7 Å². The first-order chi connectivity index (χ1) is 24.1. The number of para-hydroxylation sites is 1. The smallest absolute Gasteiger partial charge is 0.313 e. The first kappa shape index (κ1) is 37.3. The van der Waals surface area contributed by atoms with Crippen LogP contribution >= 0.6 is 11.6 Å². The Hall–Kier alpha value is -3.99. The average molecular weight is 706 g/mol. The molecule has 3 amide bonds. The van der Waals surface area contributed by atoms with E-state index in [1.807, 2.05) is 37.3 Å². The van der Waals surface area contributed by atoms with Crippen LogP contribution in [0.5, 0.6) is 0 Å². The highest BCUT2D eigenvalue weighted by molar-refractivity contribution is 6.34. The number of fused-ring (bicyclic) bond motifs is 1. The number of hydrogen-bond acceptors (Lipinski definition) is 7. The second-order valence-electron chi connectivity index (χ2n) is 13.4. The number of likely N-dealkylation sites (tertiary alicyclic amines) is 1. The third-order valence-electron chi connectivity index (χ3n) is 10.5. The number of unbranched alkanes of at least 4 members (excludes halogenated alkanes) is 2. The lowest BCUT2D eigenvalue weighted by Gasteiger charge is -2.37. The van der Waals surface area contributed by atoms with Crippen LogP contribution in [-0.2, 0) is 28.7 Å². The van der Waals surface area contributed by atoms with E-state index in [1.165, 1.54) is 4.90 Å². The van der Waals surface area contributed by atoms with Crippen LogP contribution in [0.25, 0.3) is 0 Å². The summed E-state index contributed by atoms with van der Waals surface area (Å²) in [7, 11) is 1.69. The lowest BCUT2D eigenvalue weighted by molar-refractivity contribution is -0.164. The standard InChI is InChI=1S/C39H48ClN3O7/c1-5-7-20-31(45)41(4)26(3)34(27-16-10-8-11-17-27)49-38(48)32-30-21-22-39(50-30)33(32)36(46)43(24-14-9-15-25-44)35(39)37(47)42(23-6-2)29-19-13-12-18-28(29)40/h5-6,8,10-13,16-19,26,30,32-35,44H,1-2,7,9,14-15,20-25H2,3-4H3/t26-,30+,32-,33-,34+,35+,39-/m0/s1. The molecule has 3 saturated heterocycles. The number of aliphatic hydroxyl groups excluding tert-OH is 1. The Labute approximate surface area is 299 Å². The molecule has 0 aliphatic carbocycles. The van der Waals surface area contributed by atoms with Crippen LogP contribution in [0.2, 0.25) is 5.02 Å². The normalized spacial score (nSPS) is 24.7. The number of hydrogen-bond donors (Lipinski definition) is 1. The number of ether oxygens (including phenoxy) is 2. The lowest BCUT2D eigenvalue weighted by atomic mass is 9.70. The monoisotopic (exact) mass is 705 g/mol. The van der Waals surface area contributed by atoms with Crippen molar-refractivity contribution in [1.29, 1.82) is 0 Å². The fraction of sp³-hybridized carbons (Fsp3) is 0.487. The zero-order chi connectivity index (χ0) is 36.0. The average Bonchev–Trinajstić information content (AvgIpc) is 3.77. The Bertz CT molecular complexity index is 1570. The summed E-state index contributed by atoms with van der Waals surface area (Å²) in [5, 5.41) is 9.76. The minimum absolute atomic E-state index is 0.0250. The summed E-state index contributed by atoms with van der Waals surface area (Å²) in [4.78, 5) is 61.4. The van der Waals surface area contributed by atoms with Crippen LogP contribution in [-0.4, -0.2) is 89.1 Å². The highest BCUT2D eigenvalue weighted by atomic mass is 35.5. The third kappa shape index (κ3) is 7.11. The first-order valence-corrected chi connectivity index (χ1v) is 17.9. The van der Waals surface area contributed by atoms with Crippen LogP contribution < -0.4 is 4.90 Å². The van der Waals surface area contributed by atoms with Gasteiger partial charge < -0.3 is 29.3 Å². The Balaban J connectivity index is 1.49. The van der Waals surface area contributed by atoms with Crippen LogP contribution in [0, 0.1) is 11.8 Å². The maximum absolute atomic E-state index is 14.7. The van der Waals surface area contributed by atoms with E-state index in [0.717, 1.165) is 0 Å². The number of allylic oxidation sites excluding steroid dienone is 1. The van der Waals surface area contributed by atoms with Crippen LogP contribution in [0.4, 0.5) is 5.69 Å². The molecule has 5 rings (SSSR count). The third-order valence-corrected chi connectivity index (χ3v) is 10.8. The highest BCUT2D eigenvalue weighted by Crippen LogP contribution is 2.59. The molecule has 7 atom stereocenters. The Kier molecular flexibility index (Phi) is 12.2. The van der Waals surface area contributed by atoms with Gasteiger partial charge in [0.15, 0.2) is 0 Å². The van der Waals surface area contributed by atoms with E-state index in [2.05, 4.69) is 13.2 Å². The summed E-state index contributed by atoms with van der Waals surface area (Å²) in [6, 6.07) is 14.7. The summed E-state index contributed by atoms with van der Waals surface area (Å²) in [6.45, 7) is 9.84. The molecule has 268 valence electrons. The maximum atomic E-state index is 14.7. The van der Waals surface area contributed by atoms with Gasteiger partial charge in [-0.05, 0) is 63.1 Å². The SMILES string of the molecule is C=CCCC(=O)N(C)[C@@H](C)[C@@H](OC(=O)[C@@H]1[C@H]2C(=O)N(CCCCCO)[C@H](C(=O)N(CC=C)c3ccccc3Cl)[C@]23CC[C@H]1O3)c1ccccc1. The van der Waals surface area contributed by atoms with Crippen molar-refractivity contribution in [3.8, 4) is 0 Å².